The van der Waals surface area contributed by atoms with Gasteiger partial charge in [-0.05, 0) is 65.6 Å². The van der Waals surface area contributed by atoms with E-state index >= 15 is 0 Å². The van der Waals surface area contributed by atoms with Crippen molar-refractivity contribution < 1.29 is 10.2 Å². The fraction of sp³-hybridized carbons (Fsp3) is 1.00. The summed E-state index contributed by atoms with van der Waals surface area (Å²) in [5, 5.41) is 21.5. The minimum atomic E-state index is -0.425. The first-order valence-electron chi connectivity index (χ1n) is 11.0. The van der Waals surface area contributed by atoms with E-state index in [1.54, 1.807) is 0 Å². The van der Waals surface area contributed by atoms with Crippen LogP contribution in [-0.4, -0.2) is 34.5 Å². The van der Waals surface area contributed by atoms with Gasteiger partial charge in [0.05, 0.1) is 12.2 Å². The second kappa shape index (κ2) is 7.93. The van der Waals surface area contributed by atoms with Gasteiger partial charge < -0.3 is 21.7 Å². The van der Waals surface area contributed by atoms with E-state index in [9.17, 15) is 10.2 Å². The van der Waals surface area contributed by atoms with Gasteiger partial charge in [0.15, 0.2) is 0 Å². The van der Waals surface area contributed by atoms with Crippen molar-refractivity contribution in [2.24, 2.45) is 57.8 Å². The molecular weight excluding hydrogens is 336 g/mol. The van der Waals surface area contributed by atoms with Crippen LogP contribution in [0.4, 0.5) is 0 Å². The molecule has 0 spiro atoms. The Morgan fingerprint density at radius 1 is 0.704 bits per heavy atom. The van der Waals surface area contributed by atoms with E-state index in [1.807, 2.05) is 0 Å². The van der Waals surface area contributed by atoms with E-state index in [1.165, 1.54) is 0 Å². The topological polar surface area (TPSA) is 92.5 Å². The van der Waals surface area contributed by atoms with E-state index in [4.69, 9.17) is 11.5 Å². The smallest absolute Gasteiger partial charge is 0.0726 e. The lowest BCUT2D eigenvalue weighted by molar-refractivity contribution is -0.0720. The largest absolute Gasteiger partial charge is 0.391 e. The molecule has 0 amide bonds. The van der Waals surface area contributed by atoms with Crippen molar-refractivity contribution in [2.75, 3.05) is 0 Å². The maximum atomic E-state index is 10.8. The van der Waals surface area contributed by atoms with Crippen molar-refractivity contribution >= 4 is 0 Å². The van der Waals surface area contributed by atoms with Crippen molar-refractivity contribution in [3.63, 3.8) is 0 Å². The van der Waals surface area contributed by atoms with Crippen LogP contribution in [0, 0.1) is 46.3 Å². The van der Waals surface area contributed by atoms with Gasteiger partial charge in [-0.15, -0.1) is 0 Å². The summed E-state index contributed by atoms with van der Waals surface area (Å²) < 4.78 is 0. The van der Waals surface area contributed by atoms with Gasteiger partial charge in [0.2, 0.25) is 0 Å². The molecule has 2 saturated carbocycles. The van der Waals surface area contributed by atoms with E-state index in [-0.39, 0.29) is 34.7 Å². The standard InChI is InChI=1S/C23H46N2O2/c1-12-14(10-16(22(3,4)5)20(26)18(12)24)9-15-11-17(23(6,7)8)21(27)19(25)13(15)2/h12-21,26-27H,9-11,24-25H2,1-8H3. The zero-order valence-corrected chi connectivity index (χ0v) is 18.9. The monoisotopic (exact) mass is 382 g/mol. The van der Waals surface area contributed by atoms with E-state index in [0.29, 0.717) is 23.7 Å². The third-order valence-corrected chi connectivity index (χ3v) is 8.26. The van der Waals surface area contributed by atoms with Gasteiger partial charge in [0, 0.05) is 12.1 Å². The fourth-order valence-corrected chi connectivity index (χ4v) is 5.89. The van der Waals surface area contributed by atoms with Crippen LogP contribution in [0.1, 0.15) is 74.7 Å². The second-order valence-electron chi connectivity index (χ2n) is 12.0. The molecule has 2 aliphatic carbocycles. The van der Waals surface area contributed by atoms with Crippen LogP contribution in [0.25, 0.3) is 0 Å². The molecule has 0 aromatic rings. The fourth-order valence-electron chi connectivity index (χ4n) is 5.89. The number of hydrogen-bond donors (Lipinski definition) is 4. The van der Waals surface area contributed by atoms with E-state index in [2.05, 4.69) is 55.4 Å². The van der Waals surface area contributed by atoms with E-state index in [0.717, 1.165) is 19.3 Å². The molecule has 0 radical (unpaired) electrons. The van der Waals surface area contributed by atoms with Crippen LogP contribution < -0.4 is 11.5 Å². The molecule has 0 heterocycles. The number of hydrogen-bond acceptors (Lipinski definition) is 4. The molecule has 0 aliphatic heterocycles. The predicted octanol–water partition coefficient (Wildman–Crippen LogP) is 3.39. The molecule has 0 saturated heterocycles. The predicted molar refractivity (Wildman–Crippen MR) is 113 cm³/mol. The molecular formula is C23H46N2O2. The molecule has 0 aromatic heterocycles. The highest BCUT2D eigenvalue weighted by Gasteiger charge is 2.48. The third kappa shape index (κ3) is 4.71. The van der Waals surface area contributed by atoms with Gasteiger partial charge in [-0.1, -0.05) is 55.4 Å². The summed E-state index contributed by atoms with van der Waals surface area (Å²) in [6.07, 6.45) is 2.31. The Morgan fingerprint density at radius 3 is 1.26 bits per heavy atom. The van der Waals surface area contributed by atoms with Gasteiger partial charge in [0.25, 0.3) is 0 Å². The van der Waals surface area contributed by atoms with Crippen molar-refractivity contribution in [3.05, 3.63) is 0 Å². The van der Waals surface area contributed by atoms with Crippen LogP contribution in [0.15, 0.2) is 0 Å². The Hall–Kier alpha value is -0.160. The summed E-state index contributed by atoms with van der Waals surface area (Å²) in [6, 6.07) is -0.325. The Morgan fingerprint density at radius 2 is 1.00 bits per heavy atom. The Balaban J connectivity index is 2.20. The molecule has 160 valence electrons. The van der Waals surface area contributed by atoms with Gasteiger partial charge in [0.1, 0.15) is 0 Å². The van der Waals surface area contributed by atoms with Crippen molar-refractivity contribution in [3.8, 4) is 0 Å². The number of aliphatic hydroxyl groups excluding tert-OH is 2. The zero-order valence-electron chi connectivity index (χ0n) is 18.9. The highest BCUT2D eigenvalue weighted by Crippen LogP contribution is 2.49. The molecule has 2 rings (SSSR count). The molecule has 0 aromatic carbocycles. The number of nitrogens with two attached hydrogens (primary N) is 2. The summed E-state index contributed by atoms with van der Waals surface area (Å²) in [6.45, 7) is 17.7. The zero-order chi connectivity index (χ0) is 20.9. The van der Waals surface area contributed by atoms with E-state index < -0.39 is 12.2 Å². The normalized spacial score (nSPS) is 47.1. The van der Waals surface area contributed by atoms with Crippen LogP contribution in [0.2, 0.25) is 0 Å². The lowest BCUT2D eigenvalue weighted by Gasteiger charge is -2.51. The molecule has 10 atom stereocenters. The SMILES string of the molecule is CC1C(CC2CC(C(C)(C)C)C(O)C(N)C2C)CC(C(C)(C)C)C(O)C1N. The summed E-state index contributed by atoms with van der Waals surface area (Å²) in [7, 11) is 0. The molecule has 4 nitrogen and oxygen atoms in total. The average molecular weight is 383 g/mol. The Kier molecular flexibility index (Phi) is 6.79. The summed E-state index contributed by atoms with van der Waals surface area (Å²) in [5.74, 6) is 2.07. The van der Waals surface area contributed by atoms with Gasteiger partial charge in [-0.3, -0.25) is 0 Å². The number of aliphatic hydroxyl groups is 2. The van der Waals surface area contributed by atoms with Crippen molar-refractivity contribution in [2.45, 2.75) is 98.9 Å². The van der Waals surface area contributed by atoms with Gasteiger partial charge >= 0.3 is 0 Å². The first kappa shape index (κ1) is 23.1. The molecule has 27 heavy (non-hydrogen) atoms. The maximum Gasteiger partial charge on any atom is 0.0726 e. The average Bonchev–Trinajstić information content (AvgIpc) is 2.53. The quantitative estimate of drug-likeness (QED) is 0.589. The highest BCUT2D eigenvalue weighted by atomic mass is 16.3. The van der Waals surface area contributed by atoms with Crippen LogP contribution in [0.5, 0.6) is 0 Å². The minimum Gasteiger partial charge on any atom is -0.391 e. The third-order valence-electron chi connectivity index (χ3n) is 8.26. The second-order valence-corrected chi connectivity index (χ2v) is 12.0. The van der Waals surface area contributed by atoms with Crippen LogP contribution in [0.3, 0.4) is 0 Å². The Labute approximate surface area is 167 Å². The molecule has 2 fully saturated rings. The molecule has 0 bridgehead atoms. The van der Waals surface area contributed by atoms with Crippen LogP contribution in [-0.2, 0) is 0 Å². The lowest BCUT2D eigenvalue weighted by Crippen LogP contribution is -2.57. The number of rotatable bonds is 2. The van der Waals surface area contributed by atoms with Gasteiger partial charge in [-0.2, -0.15) is 0 Å². The van der Waals surface area contributed by atoms with Gasteiger partial charge in [-0.25, -0.2) is 0 Å². The molecule has 2 aliphatic rings. The summed E-state index contributed by atoms with van der Waals surface area (Å²) in [4.78, 5) is 0. The Bertz CT molecular complexity index is 452. The minimum absolute atomic E-state index is 0.0498. The molecule has 10 unspecified atom stereocenters. The molecule has 4 heteroatoms. The lowest BCUT2D eigenvalue weighted by atomic mass is 9.57. The van der Waals surface area contributed by atoms with Crippen molar-refractivity contribution in [1.29, 1.82) is 0 Å². The summed E-state index contributed by atoms with van der Waals surface area (Å²) in [5.41, 5.74) is 13.0. The van der Waals surface area contributed by atoms with Crippen LogP contribution >= 0.6 is 0 Å². The summed E-state index contributed by atoms with van der Waals surface area (Å²) >= 11 is 0. The highest BCUT2D eigenvalue weighted by molar-refractivity contribution is 5.01. The van der Waals surface area contributed by atoms with Crippen molar-refractivity contribution in [1.82, 2.24) is 0 Å². The molecule has 6 N–H and O–H groups in total. The first-order chi connectivity index (χ1) is 12.2. The first-order valence-corrected chi connectivity index (χ1v) is 11.0. The maximum absolute atomic E-state index is 10.8.